The monoisotopic (exact) mass is 358 g/mol. The number of rotatable bonds is 5. The van der Waals surface area contributed by atoms with Gasteiger partial charge in [0.25, 0.3) is 0 Å². The predicted molar refractivity (Wildman–Crippen MR) is 105 cm³/mol. The lowest BCUT2D eigenvalue weighted by atomic mass is 10.1. The molecule has 1 aliphatic heterocycles. The zero-order valence-electron chi connectivity index (χ0n) is 14.5. The van der Waals surface area contributed by atoms with Crippen LogP contribution in [0.4, 0.5) is 11.5 Å². The third-order valence-electron chi connectivity index (χ3n) is 4.50. The minimum Gasteiger partial charge on any atom is -0.383 e. The molecule has 2 aromatic rings. The van der Waals surface area contributed by atoms with E-state index in [1.807, 2.05) is 6.92 Å². The van der Waals surface area contributed by atoms with Crippen LogP contribution in [-0.4, -0.2) is 50.1 Å². The van der Waals surface area contributed by atoms with Crippen LogP contribution in [0.25, 0.3) is 10.2 Å². The van der Waals surface area contributed by atoms with Crippen molar-refractivity contribution >= 4 is 52.0 Å². The lowest BCUT2D eigenvalue weighted by Crippen LogP contribution is -2.45. The van der Waals surface area contributed by atoms with Gasteiger partial charge >= 0.3 is 0 Å². The van der Waals surface area contributed by atoms with Crippen molar-refractivity contribution in [2.24, 2.45) is 15.7 Å². The van der Waals surface area contributed by atoms with E-state index < -0.39 is 0 Å². The largest absolute Gasteiger partial charge is 0.383 e. The van der Waals surface area contributed by atoms with E-state index >= 15 is 0 Å². The number of nitrogens with zero attached hydrogens (tertiary/aromatic N) is 4. The summed E-state index contributed by atoms with van der Waals surface area (Å²) in [6, 6.07) is 2.23. The van der Waals surface area contributed by atoms with Gasteiger partial charge in [0.05, 0.1) is 10.6 Å². The number of aryl methyl sites for hydroxylation is 1. The number of anilines is 1. The number of nitrogens with one attached hydrogen (secondary N) is 1. The Labute approximate surface area is 150 Å². The summed E-state index contributed by atoms with van der Waals surface area (Å²) in [5.41, 5.74) is 7.84. The lowest BCUT2D eigenvalue weighted by molar-refractivity contribution is -0.110. The standard InChI is InChI=1S/C17H22N6OS/c1-10-7-12(23-6-4-5-11(8-23)21-9-24)22-17-13(10)14(19-2)15(25-17)16(18)20-3/h7,9,11H,2,4-6,8H2,1,3H3,(H2,18,20)(H,21,24). The number of carbonyl (C=O) groups excluding carboxylic acids is 1. The molecule has 3 heterocycles. The Morgan fingerprint density at radius 2 is 2.40 bits per heavy atom. The average molecular weight is 358 g/mol. The van der Waals surface area contributed by atoms with Crippen LogP contribution in [0.1, 0.15) is 23.3 Å². The highest BCUT2D eigenvalue weighted by Gasteiger charge is 2.23. The van der Waals surface area contributed by atoms with Crippen LogP contribution in [0.2, 0.25) is 0 Å². The Kier molecular flexibility index (Phi) is 4.98. The molecule has 0 spiro atoms. The molecule has 0 bridgehead atoms. The maximum Gasteiger partial charge on any atom is 0.207 e. The number of hydrogen-bond donors (Lipinski definition) is 2. The zero-order chi connectivity index (χ0) is 18.0. The minimum absolute atomic E-state index is 0.163. The summed E-state index contributed by atoms with van der Waals surface area (Å²) in [6.07, 6.45) is 2.79. The second kappa shape index (κ2) is 7.18. The highest BCUT2D eigenvalue weighted by molar-refractivity contribution is 7.21. The molecule has 0 aliphatic carbocycles. The number of piperidine rings is 1. The van der Waals surface area contributed by atoms with E-state index in [4.69, 9.17) is 10.7 Å². The van der Waals surface area contributed by atoms with Gasteiger partial charge in [-0.1, -0.05) is 0 Å². The van der Waals surface area contributed by atoms with Gasteiger partial charge in [0, 0.05) is 31.6 Å². The predicted octanol–water partition coefficient (Wildman–Crippen LogP) is 1.99. The van der Waals surface area contributed by atoms with Gasteiger partial charge in [-0.2, -0.15) is 0 Å². The van der Waals surface area contributed by atoms with Crippen LogP contribution in [0.5, 0.6) is 0 Å². The topological polar surface area (TPSA) is 96.0 Å². The first-order valence-corrected chi connectivity index (χ1v) is 8.98. The van der Waals surface area contributed by atoms with E-state index in [2.05, 4.69) is 33.0 Å². The van der Waals surface area contributed by atoms with E-state index in [0.717, 1.165) is 64.5 Å². The lowest BCUT2D eigenvalue weighted by Gasteiger charge is -2.33. The molecule has 1 amide bonds. The summed E-state index contributed by atoms with van der Waals surface area (Å²) in [7, 11) is 1.66. The number of pyridine rings is 1. The third-order valence-corrected chi connectivity index (χ3v) is 5.60. The second-order valence-corrected chi connectivity index (χ2v) is 7.09. The molecule has 25 heavy (non-hydrogen) atoms. The summed E-state index contributed by atoms with van der Waals surface area (Å²) in [5.74, 6) is 1.36. The van der Waals surface area contributed by atoms with Crippen molar-refractivity contribution < 1.29 is 4.79 Å². The molecule has 2 aromatic heterocycles. The quantitative estimate of drug-likeness (QED) is 0.485. The van der Waals surface area contributed by atoms with Crippen LogP contribution < -0.4 is 16.0 Å². The molecular weight excluding hydrogens is 336 g/mol. The molecule has 1 fully saturated rings. The number of fused-ring (bicyclic) bond motifs is 1. The Bertz CT molecular complexity index is 843. The molecule has 1 atom stereocenters. The summed E-state index contributed by atoms with van der Waals surface area (Å²) in [6.45, 7) is 7.42. The molecule has 1 aliphatic rings. The van der Waals surface area contributed by atoms with Crippen molar-refractivity contribution in [2.45, 2.75) is 25.8 Å². The first kappa shape index (κ1) is 17.3. The number of nitrogens with two attached hydrogens (primary N) is 1. The smallest absolute Gasteiger partial charge is 0.207 e. The van der Waals surface area contributed by atoms with Crippen LogP contribution in [0.15, 0.2) is 16.1 Å². The van der Waals surface area contributed by atoms with Crippen molar-refractivity contribution in [3.8, 4) is 0 Å². The van der Waals surface area contributed by atoms with Crippen LogP contribution in [0.3, 0.4) is 0 Å². The second-order valence-electron chi connectivity index (χ2n) is 6.09. The number of amides is 1. The zero-order valence-corrected chi connectivity index (χ0v) is 15.3. The van der Waals surface area contributed by atoms with Gasteiger partial charge in [0.15, 0.2) is 0 Å². The summed E-state index contributed by atoms with van der Waals surface area (Å²) >= 11 is 1.49. The molecule has 132 valence electrons. The molecule has 0 aromatic carbocycles. The first-order valence-electron chi connectivity index (χ1n) is 8.17. The van der Waals surface area contributed by atoms with Gasteiger partial charge in [0.1, 0.15) is 16.5 Å². The number of aromatic nitrogens is 1. The van der Waals surface area contributed by atoms with E-state index in [1.54, 1.807) is 7.05 Å². The molecule has 1 unspecified atom stereocenters. The highest BCUT2D eigenvalue weighted by atomic mass is 32.1. The third kappa shape index (κ3) is 3.21. The Morgan fingerprint density at radius 3 is 3.08 bits per heavy atom. The van der Waals surface area contributed by atoms with Gasteiger partial charge in [0.2, 0.25) is 6.41 Å². The fourth-order valence-electron chi connectivity index (χ4n) is 3.25. The summed E-state index contributed by atoms with van der Waals surface area (Å²) in [4.78, 5) is 27.7. The van der Waals surface area contributed by atoms with E-state index in [0.29, 0.717) is 5.84 Å². The van der Waals surface area contributed by atoms with E-state index in [9.17, 15) is 4.79 Å². The minimum atomic E-state index is 0.163. The SMILES string of the molecule is C=Nc1c(C(N)=NC)sc2nc(N3CCCC(NC=O)C3)cc(C)c12. The molecule has 1 saturated heterocycles. The number of carbonyl (C=O) groups is 1. The van der Waals surface area contributed by atoms with E-state index in [-0.39, 0.29) is 6.04 Å². The van der Waals surface area contributed by atoms with Gasteiger partial charge in [-0.05, 0) is 38.1 Å². The molecule has 3 N–H and O–H groups in total. The van der Waals surface area contributed by atoms with Crippen molar-refractivity contribution in [1.82, 2.24) is 10.3 Å². The van der Waals surface area contributed by atoms with Crippen LogP contribution in [-0.2, 0) is 4.79 Å². The van der Waals surface area contributed by atoms with Crippen molar-refractivity contribution in [3.05, 3.63) is 16.5 Å². The maximum atomic E-state index is 10.7. The van der Waals surface area contributed by atoms with E-state index in [1.165, 1.54) is 11.3 Å². The maximum absolute atomic E-state index is 10.7. The first-order chi connectivity index (χ1) is 12.1. The summed E-state index contributed by atoms with van der Waals surface area (Å²) in [5, 5.41) is 3.85. The normalized spacial score (nSPS) is 18.4. The Morgan fingerprint density at radius 1 is 1.60 bits per heavy atom. The molecular formula is C17H22N6OS. The van der Waals surface area contributed by atoms with Gasteiger partial charge in [-0.3, -0.25) is 14.8 Å². The van der Waals surface area contributed by atoms with Crippen molar-refractivity contribution in [2.75, 3.05) is 25.0 Å². The Hall–Kier alpha value is -2.48. The fourth-order valence-corrected chi connectivity index (χ4v) is 4.40. The fraction of sp³-hybridized carbons (Fsp3) is 0.412. The van der Waals surface area contributed by atoms with Crippen LogP contribution >= 0.6 is 11.3 Å². The number of amidine groups is 1. The Balaban J connectivity index is 2.04. The van der Waals surface area contributed by atoms with Gasteiger partial charge < -0.3 is 16.0 Å². The molecule has 0 saturated carbocycles. The van der Waals surface area contributed by atoms with Crippen molar-refractivity contribution in [1.29, 1.82) is 0 Å². The van der Waals surface area contributed by atoms with Gasteiger partial charge in [-0.25, -0.2) is 4.98 Å². The van der Waals surface area contributed by atoms with Crippen molar-refractivity contribution in [3.63, 3.8) is 0 Å². The molecule has 7 nitrogen and oxygen atoms in total. The number of thiophene rings is 1. The van der Waals surface area contributed by atoms with Crippen LogP contribution in [0, 0.1) is 6.92 Å². The average Bonchev–Trinajstić information content (AvgIpc) is 3.00. The highest BCUT2D eigenvalue weighted by Crippen LogP contribution is 2.40. The molecule has 8 heteroatoms. The number of aliphatic imine (C=N–C) groups is 2. The van der Waals surface area contributed by atoms with Gasteiger partial charge in [-0.15, -0.1) is 11.3 Å². The summed E-state index contributed by atoms with van der Waals surface area (Å²) < 4.78 is 0. The number of hydrogen-bond acceptors (Lipinski definition) is 6. The molecule has 3 rings (SSSR count). The molecule has 0 radical (unpaired) electrons.